The second-order valence-corrected chi connectivity index (χ2v) is 5.19. The number of hydroxylamine groups is 1. The number of hydrogen-bond acceptors (Lipinski definition) is 3. The summed E-state index contributed by atoms with van der Waals surface area (Å²) in [5, 5.41) is 12.7. The Hall–Kier alpha value is -2.62. The zero-order valence-corrected chi connectivity index (χ0v) is 12.2. The summed E-state index contributed by atoms with van der Waals surface area (Å²) in [5.41, 5.74) is 3.29. The van der Waals surface area contributed by atoms with Crippen LogP contribution in [0.3, 0.4) is 0 Å². The molecule has 2 aromatic rings. The quantitative estimate of drug-likeness (QED) is 0.595. The Kier molecular flexibility index (Phi) is 3.44. The van der Waals surface area contributed by atoms with E-state index in [2.05, 4.69) is 4.99 Å². The number of aliphatic imine (C=N–C) groups is 1. The number of benzene rings is 2. The molecule has 1 aliphatic rings. The first kappa shape index (κ1) is 13.4. The number of fused-ring (bicyclic) bond motifs is 1. The SMILES string of the molecule is CN(C)C1=Nc2ccccc2C(c2ccccc2)=[N+]([O-])C1. The van der Waals surface area contributed by atoms with Gasteiger partial charge >= 0.3 is 0 Å². The van der Waals surface area contributed by atoms with Crippen LogP contribution >= 0.6 is 0 Å². The number of amidine groups is 1. The van der Waals surface area contributed by atoms with E-state index in [-0.39, 0.29) is 6.54 Å². The normalized spacial score (nSPS) is 14.3. The maximum Gasteiger partial charge on any atom is 0.228 e. The topological polar surface area (TPSA) is 41.7 Å². The molecule has 21 heavy (non-hydrogen) atoms. The largest absolute Gasteiger partial charge is 0.623 e. The van der Waals surface area contributed by atoms with E-state index < -0.39 is 0 Å². The number of nitrogens with zero attached hydrogens (tertiary/aromatic N) is 3. The Morgan fingerprint density at radius 1 is 1.00 bits per heavy atom. The molecule has 0 radical (unpaired) electrons. The molecule has 0 bridgehead atoms. The van der Waals surface area contributed by atoms with Gasteiger partial charge < -0.3 is 10.1 Å². The van der Waals surface area contributed by atoms with Gasteiger partial charge in [-0.1, -0.05) is 30.3 Å². The lowest BCUT2D eigenvalue weighted by molar-refractivity contribution is -0.440. The maximum atomic E-state index is 12.7. The molecule has 4 nitrogen and oxygen atoms in total. The van der Waals surface area contributed by atoms with Gasteiger partial charge in [-0.05, 0) is 24.3 Å². The molecule has 2 aromatic carbocycles. The van der Waals surface area contributed by atoms with Gasteiger partial charge in [-0.25, -0.2) is 4.99 Å². The molecule has 0 spiro atoms. The van der Waals surface area contributed by atoms with Crippen LogP contribution in [-0.4, -0.2) is 41.8 Å². The molecule has 0 atom stereocenters. The molecule has 1 heterocycles. The average molecular weight is 279 g/mol. The van der Waals surface area contributed by atoms with Crippen molar-refractivity contribution in [2.75, 3.05) is 20.6 Å². The van der Waals surface area contributed by atoms with Gasteiger partial charge in [0.1, 0.15) is 0 Å². The number of para-hydroxylation sites is 1. The van der Waals surface area contributed by atoms with Gasteiger partial charge in [0.05, 0.1) is 11.3 Å². The van der Waals surface area contributed by atoms with E-state index in [1.54, 1.807) is 0 Å². The van der Waals surface area contributed by atoms with Gasteiger partial charge in [-0.3, -0.25) is 0 Å². The van der Waals surface area contributed by atoms with Crippen LogP contribution in [-0.2, 0) is 0 Å². The standard InChI is InChI=1S/C17H17N3O/c1-19(2)16-12-20(21)17(13-8-4-3-5-9-13)14-10-6-7-11-15(14)18-16/h3-11H,12H2,1-2H3. The van der Waals surface area contributed by atoms with Crippen molar-refractivity contribution in [1.29, 1.82) is 0 Å². The number of rotatable bonds is 1. The first-order valence-electron chi connectivity index (χ1n) is 6.88. The van der Waals surface area contributed by atoms with E-state index in [0.717, 1.165) is 27.4 Å². The third-order valence-corrected chi connectivity index (χ3v) is 3.51. The highest BCUT2D eigenvalue weighted by molar-refractivity contribution is 6.14. The van der Waals surface area contributed by atoms with Crippen LogP contribution in [0.5, 0.6) is 0 Å². The van der Waals surface area contributed by atoms with Crippen LogP contribution in [0.1, 0.15) is 11.1 Å². The predicted octanol–water partition coefficient (Wildman–Crippen LogP) is 2.64. The summed E-state index contributed by atoms with van der Waals surface area (Å²) in [6.45, 7) is 0.242. The lowest BCUT2D eigenvalue weighted by Gasteiger charge is -2.14. The Morgan fingerprint density at radius 2 is 1.67 bits per heavy atom. The van der Waals surface area contributed by atoms with Crippen molar-refractivity contribution in [2.24, 2.45) is 4.99 Å². The fraction of sp³-hybridized carbons (Fsp3) is 0.176. The number of likely N-dealkylation sites (N-methyl/N-ethyl adjacent to an activating group) is 1. The first-order valence-corrected chi connectivity index (χ1v) is 6.88. The van der Waals surface area contributed by atoms with Crippen molar-refractivity contribution < 1.29 is 4.74 Å². The van der Waals surface area contributed by atoms with Crippen molar-refractivity contribution in [2.45, 2.75) is 0 Å². The molecule has 0 unspecified atom stereocenters. The second-order valence-electron chi connectivity index (χ2n) is 5.19. The molecule has 0 aromatic heterocycles. The Balaban J connectivity index is 2.24. The molecule has 0 N–H and O–H groups in total. The molecule has 4 heteroatoms. The van der Waals surface area contributed by atoms with Crippen molar-refractivity contribution in [1.82, 2.24) is 4.90 Å². The molecule has 0 fully saturated rings. The van der Waals surface area contributed by atoms with Crippen LogP contribution in [0.15, 0.2) is 59.6 Å². The summed E-state index contributed by atoms with van der Waals surface area (Å²) in [7, 11) is 3.81. The minimum Gasteiger partial charge on any atom is -0.623 e. The lowest BCUT2D eigenvalue weighted by Crippen LogP contribution is -2.31. The smallest absolute Gasteiger partial charge is 0.228 e. The summed E-state index contributed by atoms with van der Waals surface area (Å²) in [4.78, 5) is 6.53. The molecule has 106 valence electrons. The lowest BCUT2D eigenvalue weighted by atomic mass is 10.0. The van der Waals surface area contributed by atoms with E-state index in [1.807, 2.05) is 73.6 Å². The fourth-order valence-electron chi connectivity index (χ4n) is 2.42. The monoisotopic (exact) mass is 279 g/mol. The van der Waals surface area contributed by atoms with Gasteiger partial charge in [-0.2, -0.15) is 4.74 Å². The molecule has 0 saturated heterocycles. The Bertz CT molecular complexity index is 718. The molecule has 0 amide bonds. The zero-order valence-electron chi connectivity index (χ0n) is 12.2. The van der Waals surface area contributed by atoms with E-state index in [1.165, 1.54) is 0 Å². The van der Waals surface area contributed by atoms with Gasteiger partial charge in [-0.15, -0.1) is 0 Å². The maximum absolute atomic E-state index is 12.7. The highest BCUT2D eigenvalue weighted by Gasteiger charge is 2.24. The van der Waals surface area contributed by atoms with Crippen LogP contribution < -0.4 is 0 Å². The number of hydrogen-bond donors (Lipinski definition) is 0. The minimum absolute atomic E-state index is 0.242. The van der Waals surface area contributed by atoms with Crippen LogP contribution in [0.2, 0.25) is 0 Å². The van der Waals surface area contributed by atoms with E-state index in [4.69, 9.17) is 0 Å². The third-order valence-electron chi connectivity index (χ3n) is 3.51. The van der Waals surface area contributed by atoms with Crippen molar-refractivity contribution in [3.05, 3.63) is 70.9 Å². The van der Waals surface area contributed by atoms with Crippen LogP contribution in [0.4, 0.5) is 5.69 Å². The van der Waals surface area contributed by atoms with Gasteiger partial charge in [0.25, 0.3) is 0 Å². The van der Waals surface area contributed by atoms with Gasteiger partial charge in [0.2, 0.25) is 12.3 Å². The third kappa shape index (κ3) is 2.52. The predicted molar refractivity (Wildman–Crippen MR) is 85.4 cm³/mol. The molecule has 0 aliphatic carbocycles. The molecule has 3 rings (SSSR count). The first-order chi connectivity index (χ1) is 10.2. The highest BCUT2D eigenvalue weighted by Crippen LogP contribution is 2.25. The fourth-order valence-corrected chi connectivity index (χ4v) is 2.42. The minimum atomic E-state index is 0.242. The zero-order chi connectivity index (χ0) is 14.8. The van der Waals surface area contributed by atoms with Crippen LogP contribution in [0, 0.1) is 5.21 Å². The van der Waals surface area contributed by atoms with Gasteiger partial charge in [0, 0.05) is 19.7 Å². The van der Waals surface area contributed by atoms with Gasteiger partial charge in [0.15, 0.2) is 5.84 Å². The summed E-state index contributed by atoms with van der Waals surface area (Å²) in [5.74, 6) is 0.753. The molecular formula is C17H17N3O. The van der Waals surface area contributed by atoms with Crippen LogP contribution in [0.25, 0.3) is 0 Å². The van der Waals surface area contributed by atoms with Crippen molar-refractivity contribution in [3.63, 3.8) is 0 Å². The Morgan fingerprint density at radius 3 is 2.38 bits per heavy atom. The Labute approximate surface area is 124 Å². The molecule has 1 aliphatic heterocycles. The highest BCUT2D eigenvalue weighted by atomic mass is 16.5. The van der Waals surface area contributed by atoms with Crippen molar-refractivity contribution in [3.8, 4) is 0 Å². The summed E-state index contributed by atoms with van der Waals surface area (Å²) < 4.78 is 1.03. The summed E-state index contributed by atoms with van der Waals surface area (Å²) >= 11 is 0. The summed E-state index contributed by atoms with van der Waals surface area (Å²) in [6.07, 6.45) is 0. The molecule has 0 saturated carbocycles. The van der Waals surface area contributed by atoms with E-state index in [0.29, 0.717) is 5.71 Å². The summed E-state index contributed by atoms with van der Waals surface area (Å²) in [6, 6.07) is 17.5. The average Bonchev–Trinajstić information content (AvgIpc) is 2.64. The van der Waals surface area contributed by atoms with E-state index >= 15 is 0 Å². The van der Waals surface area contributed by atoms with Crippen molar-refractivity contribution >= 4 is 17.2 Å². The second kappa shape index (κ2) is 5.40. The molecular weight excluding hydrogens is 262 g/mol. The van der Waals surface area contributed by atoms with E-state index in [9.17, 15) is 5.21 Å².